The minimum absolute atomic E-state index is 0.149. The lowest BCUT2D eigenvalue weighted by Gasteiger charge is -2.09. The molecule has 1 rings (SSSR count). The second-order valence-corrected chi connectivity index (χ2v) is 4.72. The number of carbonyl (C=O) groups is 1. The Morgan fingerprint density at radius 3 is 2.64 bits per heavy atom. The van der Waals surface area contributed by atoms with Gasteiger partial charge in [0.2, 0.25) is 0 Å². The van der Waals surface area contributed by atoms with Gasteiger partial charge in [-0.15, -0.1) is 0 Å². The van der Waals surface area contributed by atoms with Crippen molar-refractivity contribution in [3.63, 3.8) is 0 Å². The van der Waals surface area contributed by atoms with Crippen molar-refractivity contribution in [2.45, 2.75) is 0 Å². The van der Waals surface area contributed by atoms with Crippen molar-refractivity contribution < 1.29 is 19.7 Å². The average Bonchev–Trinajstić information content (AvgIpc) is 2.09. The first kappa shape index (κ1) is 11.8. The van der Waals surface area contributed by atoms with E-state index in [4.69, 9.17) is 4.74 Å². The van der Waals surface area contributed by atoms with Gasteiger partial charge in [-0.2, -0.15) is 0 Å². The number of rotatable bonds is 3. The van der Waals surface area contributed by atoms with Crippen molar-refractivity contribution in [2.75, 3.05) is 6.61 Å². The van der Waals surface area contributed by atoms with Crippen molar-refractivity contribution in [3.05, 3.63) is 19.3 Å². The highest BCUT2D eigenvalue weighted by atomic mass is 127. The number of hydrogen-bond donors (Lipinski definition) is 1. The van der Waals surface area contributed by atoms with E-state index in [0.717, 1.165) is 0 Å². The molecule has 0 aliphatic carbocycles. The molecule has 0 radical (unpaired) electrons. The summed E-state index contributed by atoms with van der Waals surface area (Å²) >= 11 is 3.88. The molecule has 0 aliphatic rings. The van der Waals surface area contributed by atoms with E-state index in [9.17, 15) is 15.0 Å². The number of phenolic OH excluding ortho intramolecular Hbond substituents is 1. The third-order valence-corrected chi connectivity index (χ3v) is 3.05. The predicted molar refractivity (Wildman–Crippen MR) is 64.0 cm³/mol. The van der Waals surface area contributed by atoms with E-state index in [0.29, 0.717) is 12.9 Å². The van der Waals surface area contributed by atoms with E-state index in [2.05, 4.69) is 0 Å². The number of halogens is 2. The van der Waals surface area contributed by atoms with Crippen LogP contribution in [0.3, 0.4) is 0 Å². The van der Waals surface area contributed by atoms with Gasteiger partial charge in [-0.3, -0.25) is 0 Å². The molecule has 0 fully saturated rings. The molecule has 0 bridgehead atoms. The maximum atomic E-state index is 10.1. The van der Waals surface area contributed by atoms with Crippen molar-refractivity contribution >= 4 is 51.2 Å². The van der Waals surface area contributed by atoms with Gasteiger partial charge < -0.3 is 19.7 Å². The van der Waals surface area contributed by atoms with Crippen LogP contribution in [0.15, 0.2) is 12.1 Å². The Kier molecular flexibility index (Phi) is 4.23. The van der Waals surface area contributed by atoms with Crippen LogP contribution in [0.25, 0.3) is 0 Å². The molecule has 0 aliphatic heterocycles. The molecule has 76 valence electrons. The van der Waals surface area contributed by atoms with Crippen LogP contribution in [0.2, 0.25) is 0 Å². The molecule has 6 heteroatoms. The number of carboxylic acid groups (broad SMARTS) is 1. The summed E-state index contributed by atoms with van der Waals surface area (Å²) in [4.78, 5) is 10.1. The fourth-order valence-electron chi connectivity index (χ4n) is 0.765. The SMILES string of the molecule is O=C([O-])COc1cc(I)c(O)cc1I. The second-order valence-electron chi connectivity index (χ2n) is 2.39. The third kappa shape index (κ3) is 3.15. The molecule has 0 amide bonds. The van der Waals surface area contributed by atoms with Crippen LogP contribution in [-0.2, 0) is 4.79 Å². The van der Waals surface area contributed by atoms with Crippen LogP contribution in [0, 0.1) is 7.14 Å². The molecule has 4 nitrogen and oxygen atoms in total. The summed E-state index contributed by atoms with van der Waals surface area (Å²) in [5.74, 6) is -0.698. The van der Waals surface area contributed by atoms with Gasteiger partial charge >= 0.3 is 0 Å². The number of carboxylic acids is 1. The zero-order valence-electron chi connectivity index (χ0n) is 6.79. The maximum absolute atomic E-state index is 10.1. The van der Waals surface area contributed by atoms with Gasteiger partial charge in [0.05, 0.1) is 13.1 Å². The van der Waals surface area contributed by atoms with Gasteiger partial charge in [-0.05, 0) is 57.3 Å². The maximum Gasteiger partial charge on any atom is 0.134 e. The molecule has 1 N–H and O–H groups in total. The Bertz CT molecular complexity index is 365. The summed E-state index contributed by atoms with van der Waals surface area (Å²) in [5, 5.41) is 19.5. The Labute approximate surface area is 108 Å². The van der Waals surface area contributed by atoms with E-state index in [1.807, 2.05) is 45.2 Å². The molecule has 14 heavy (non-hydrogen) atoms. The van der Waals surface area contributed by atoms with Crippen LogP contribution >= 0.6 is 45.2 Å². The zero-order chi connectivity index (χ0) is 10.7. The Morgan fingerprint density at radius 1 is 1.43 bits per heavy atom. The van der Waals surface area contributed by atoms with Gasteiger partial charge in [0, 0.05) is 0 Å². The fourth-order valence-corrected chi connectivity index (χ4v) is 1.81. The Hall–Kier alpha value is -0.250. The highest BCUT2D eigenvalue weighted by Gasteiger charge is 2.06. The number of ether oxygens (including phenoxy) is 1. The molecule has 0 saturated heterocycles. The fraction of sp³-hybridized carbons (Fsp3) is 0.125. The molecule has 0 spiro atoms. The molecule has 0 heterocycles. The van der Waals surface area contributed by atoms with Gasteiger partial charge in [0.1, 0.15) is 18.1 Å². The minimum Gasteiger partial charge on any atom is -0.546 e. The van der Waals surface area contributed by atoms with Gasteiger partial charge in [0.15, 0.2) is 0 Å². The quantitative estimate of drug-likeness (QED) is 0.735. The first-order chi connectivity index (χ1) is 6.50. The third-order valence-electron chi connectivity index (χ3n) is 1.35. The lowest BCUT2D eigenvalue weighted by molar-refractivity contribution is -0.307. The number of hydrogen-bond acceptors (Lipinski definition) is 4. The smallest absolute Gasteiger partial charge is 0.134 e. The number of aliphatic carboxylic acids is 1. The van der Waals surface area contributed by atoms with Crippen LogP contribution < -0.4 is 9.84 Å². The van der Waals surface area contributed by atoms with E-state index in [1.54, 1.807) is 6.07 Å². The number of carbonyl (C=O) groups excluding carboxylic acids is 1. The molecule has 0 saturated carbocycles. The summed E-state index contributed by atoms with van der Waals surface area (Å²) in [5.41, 5.74) is 0. The summed E-state index contributed by atoms with van der Waals surface area (Å²) in [7, 11) is 0. The summed E-state index contributed by atoms with van der Waals surface area (Å²) in [6.07, 6.45) is 0. The first-order valence-electron chi connectivity index (χ1n) is 3.51. The highest BCUT2D eigenvalue weighted by Crippen LogP contribution is 2.30. The topological polar surface area (TPSA) is 69.6 Å². The van der Waals surface area contributed by atoms with Crippen molar-refractivity contribution in [2.24, 2.45) is 0 Å². The predicted octanol–water partition coefficient (Wildman–Crippen LogP) is 0.730. The zero-order valence-corrected chi connectivity index (χ0v) is 11.1. The molecule has 0 atom stereocenters. The standard InChI is InChI=1S/C8H6I2O4/c9-4-2-7(14-3-8(12)13)5(10)1-6(4)11/h1-2,11H,3H2,(H,12,13)/p-1. The first-order valence-corrected chi connectivity index (χ1v) is 5.67. The lowest BCUT2D eigenvalue weighted by Crippen LogP contribution is -2.29. The summed E-state index contributed by atoms with van der Waals surface area (Å²) in [6.45, 7) is -0.489. The number of aromatic hydroxyl groups is 1. The van der Waals surface area contributed by atoms with E-state index in [1.165, 1.54) is 6.07 Å². The van der Waals surface area contributed by atoms with Crippen LogP contribution in [-0.4, -0.2) is 17.7 Å². The van der Waals surface area contributed by atoms with Crippen LogP contribution in [0.5, 0.6) is 11.5 Å². The normalized spacial score (nSPS) is 9.86. The number of phenols is 1. The van der Waals surface area contributed by atoms with Gasteiger partial charge in [-0.1, -0.05) is 0 Å². The summed E-state index contributed by atoms with van der Waals surface area (Å²) < 4.78 is 6.21. The Balaban J connectivity index is 2.87. The largest absolute Gasteiger partial charge is 0.546 e. The molecule has 0 aromatic heterocycles. The monoisotopic (exact) mass is 419 g/mol. The molecule has 1 aromatic rings. The van der Waals surface area contributed by atoms with Crippen molar-refractivity contribution in [1.82, 2.24) is 0 Å². The van der Waals surface area contributed by atoms with Crippen LogP contribution in [0.1, 0.15) is 0 Å². The van der Waals surface area contributed by atoms with E-state index in [-0.39, 0.29) is 5.75 Å². The van der Waals surface area contributed by atoms with E-state index >= 15 is 0 Å². The Morgan fingerprint density at radius 2 is 2.07 bits per heavy atom. The van der Waals surface area contributed by atoms with Crippen molar-refractivity contribution in [3.8, 4) is 11.5 Å². The van der Waals surface area contributed by atoms with Crippen molar-refractivity contribution in [1.29, 1.82) is 0 Å². The molecule has 1 aromatic carbocycles. The van der Waals surface area contributed by atoms with Gasteiger partial charge in [-0.25, -0.2) is 0 Å². The number of benzene rings is 1. The average molecular weight is 419 g/mol. The highest BCUT2D eigenvalue weighted by molar-refractivity contribution is 14.1. The molecule has 0 unspecified atom stereocenters. The molecular formula is C8H5I2O4-. The molecular weight excluding hydrogens is 414 g/mol. The lowest BCUT2D eigenvalue weighted by atomic mass is 10.3. The minimum atomic E-state index is -1.27. The second kappa shape index (κ2) is 5.01. The van der Waals surface area contributed by atoms with Crippen LogP contribution in [0.4, 0.5) is 0 Å². The summed E-state index contributed by atoms with van der Waals surface area (Å²) in [6, 6.07) is 3.08. The van der Waals surface area contributed by atoms with E-state index < -0.39 is 12.6 Å². The van der Waals surface area contributed by atoms with Gasteiger partial charge in [0.25, 0.3) is 0 Å².